The van der Waals surface area contributed by atoms with E-state index in [1.165, 1.54) is 7.11 Å². The Morgan fingerprint density at radius 3 is 1.74 bits per heavy atom. The number of nitrogens with zero attached hydrogens (tertiary/aromatic N) is 1. The highest BCUT2D eigenvalue weighted by Gasteiger charge is 2.31. The second-order valence-electron chi connectivity index (χ2n) is 6.14. The summed E-state index contributed by atoms with van der Waals surface area (Å²) >= 11 is 0. The molecule has 0 heterocycles. The van der Waals surface area contributed by atoms with Crippen LogP contribution in [-0.4, -0.2) is 29.6 Å². The van der Waals surface area contributed by atoms with E-state index >= 15 is 0 Å². The van der Waals surface area contributed by atoms with Gasteiger partial charge in [0.2, 0.25) is 5.71 Å². The summed E-state index contributed by atoms with van der Waals surface area (Å²) in [6.45, 7) is 0. The summed E-state index contributed by atoms with van der Waals surface area (Å²) in [4.78, 5) is 12.4. The van der Waals surface area contributed by atoms with Crippen molar-refractivity contribution < 1.29 is 14.3 Å². The maximum Gasteiger partial charge on any atom is 0.376 e. The van der Waals surface area contributed by atoms with Gasteiger partial charge in [-0.25, -0.2) is 4.79 Å². The molecular weight excluding hydrogens is 338 g/mol. The molecule has 0 saturated carbocycles. The molecule has 0 saturated heterocycles. The van der Waals surface area contributed by atoms with Crippen LogP contribution in [0.4, 0.5) is 0 Å². The number of rotatable bonds is 6. The van der Waals surface area contributed by atoms with Crippen molar-refractivity contribution >= 4 is 11.7 Å². The minimum atomic E-state index is -0.979. The SMILES string of the molecule is COC(=O)[C@H](Cc1ccccc1)[N+]([O-])=C(c1ccccc1)c1ccccc1. The summed E-state index contributed by atoms with van der Waals surface area (Å²) in [5.74, 6) is -0.557. The molecule has 136 valence electrons. The van der Waals surface area contributed by atoms with Crippen molar-refractivity contribution in [1.29, 1.82) is 0 Å². The Labute approximate surface area is 158 Å². The number of carbonyl (C=O) groups excluding carboxylic acids is 1. The lowest BCUT2D eigenvalue weighted by molar-refractivity contribution is -0.488. The lowest BCUT2D eigenvalue weighted by Crippen LogP contribution is -2.38. The van der Waals surface area contributed by atoms with Gasteiger partial charge in [0, 0.05) is 17.5 Å². The van der Waals surface area contributed by atoms with Gasteiger partial charge in [0.15, 0.2) is 0 Å². The fourth-order valence-corrected chi connectivity index (χ4v) is 3.00. The molecule has 4 heteroatoms. The lowest BCUT2D eigenvalue weighted by atomic mass is 10.0. The molecule has 0 spiro atoms. The molecule has 1 atom stereocenters. The Balaban J connectivity index is 2.13. The molecule has 0 unspecified atom stereocenters. The summed E-state index contributed by atoms with van der Waals surface area (Å²) in [5, 5.41) is 13.4. The summed E-state index contributed by atoms with van der Waals surface area (Å²) in [7, 11) is 1.30. The minimum Gasteiger partial charge on any atom is -0.623 e. The van der Waals surface area contributed by atoms with Crippen LogP contribution in [-0.2, 0) is 16.0 Å². The van der Waals surface area contributed by atoms with Crippen LogP contribution in [0, 0.1) is 5.21 Å². The van der Waals surface area contributed by atoms with E-state index < -0.39 is 12.0 Å². The van der Waals surface area contributed by atoms with Gasteiger partial charge in [-0.1, -0.05) is 66.7 Å². The van der Waals surface area contributed by atoms with Gasteiger partial charge in [-0.2, -0.15) is 4.74 Å². The molecule has 4 nitrogen and oxygen atoms in total. The van der Waals surface area contributed by atoms with Gasteiger partial charge >= 0.3 is 5.97 Å². The van der Waals surface area contributed by atoms with Crippen LogP contribution in [0.2, 0.25) is 0 Å². The Kier molecular flexibility index (Phi) is 6.00. The number of ether oxygens (including phenoxy) is 1. The van der Waals surface area contributed by atoms with Crippen LogP contribution in [0.15, 0.2) is 91.0 Å². The van der Waals surface area contributed by atoms with E-state index in [0.717, 1.165) is 21.4 Å². The maximum atomic E-state index is 13.4. The fourth-order valence-electron chi connectivity index (χ4n) is 3.00. The third-order valence-corrected chi connectivity index (χ3v) is 4.34. The Morgan fingerprint density at radius 2 is 1.30 bits per heavy atom. The normalized spacial score (nSPS) is 11.4. The van der Waals surface area contributed by atoms with E-state index in [9.17, 15) is 10.0 Å². The highest BCUT2D eigenvalue weighted by atomic mass is 16.5. The van der Waals surface area contributed by atoms with E-state index in [0.29, 0.717) is 5.71 Å². The molecule has 0 aliphatic rings. The maximum absolute atomic E-state index is 13.4. The van der Waals surface area contributed by atoms with Gasteiger partial charge in [0.25, 0.3) is 6.04 Å². The number of esters is 1. The predicted molar refractivity (Wildman–Crippen MR) is 106 cm³/mol. The van der Waals surface area contributed by atoms with Crippen LogP contribution in [0.25, 0.3) is 0 Å². The third kappa shape index (κ3) is 4.42. The Morgan fingerprint density at radius 1 is 0.852 bits per heavy atom. The van der Waals surface area contributed by atoms with Crippen LogP contribution in [0.5, 0.6) is 0 Å². The molecule has 0 bridgehead atoms. The highest BCUT2D eigenvalue weighted by Crippen LogP contribution is 2.15. The summed E-state index contributed by atoms with van der Waals surface area (Å²) in [6.07, 6.45) is 0.264. The number of hydroxylamine groups is 1. The molecular formula is C23H21NO3. The van der Waals surface area contributed by atoms with Crippen molar-refractivity contribution in [2.75, 3.05) is 7.11 Å². The zero-order valence-corrected chi connectivity index (χ0v) is 15.1. The molecule has 0 fully saturated rings. The zero-order valence-electron chi connectivity index (χ0n) is 15.1. The summed E-state index contributed by atoms with van der Waals surface area (Å²) < 4.78 is 5.71. The fraction of sp³-hybridized carbons (Fsp3) is 0.130. The molecule has 3 aromatic rings. The van der Waals surface area contributed by atoms with Gasteiger partial charge < -0.3 is 9.94 Å². The van der Waals surface area contributed by atoms with Crippen LogP contribution in [0.3, 0.4) is 0 Å². The topological polar surface area (TPSA) is 52.4 Å². The Bertz CT molecular complexity index is 865. The highest BCUT2D eigenvalue weighted by molar-refractivity contribution is 6.10. The standard InChI is InChI=1S/C23H21NO3/c1-27-23(25)21(17-18-11-5-2-6-12-18)24(26)22(19-13-7-3-8-14-19)20-15-9-4-10-16-20/h2-16,21H,17H2,1H3/t21-/m0/s1. The molecule has 0 amide bonds. The van der Waals surface area contributed by atoms with E-state index in [4.69, 9.17) is 4.74 Å². The van der Waals surface area contributed by atoms with Gasteiger partial charge in [-0.3, -0.25) is 0 Å². The number of carbonyl (C=O) groups is 1. The van der Waals surface area contributed by atoms with Gasteiger partial charge in [-0.15, -0.1) is 0 Å². The number of hydrogen-bond donors (Lipinski definition) is 0. The monoisotopic (exact) mass is 359 g/mol. The van der Waals surface area contributed by atoms with Crippen molar-refractivity contribution in [2.24, 2.45) is 0 Å². The number of methoxy groups -OCH3 is 1. The summed E-state index contributed by atoms with van der Waals surface area (Å²) in [5.41, 5.74) is 2.85. The van der Waals surface area contributed by atoms with E-state index in [1.807, 2.05) is 91.0 Å². The average Bonchev–Trinajstić information content (AvgIpc) is 2.74. The second kappa shape index (κ2) is 8.81. The van der Waals surface area contributed by atoms with E-state index in [2.05, 4.69) is 0 Å². The van der Waals surface area contributed by atoms with Crippen molar-refractivity contribution in [2.45, 2.75) is 12.5 Å². The lowest BCUT2D eigenvalue weighted by Gasteiger charge is -2.19. The zero-order chi connectivity index (χ0) is 19.1. The van der Waals surface area contributed by atoms with Gasteiger partial charge in [-0.05, 0) is 29.8 Å². The van der Waals surface area contributed by atoms with Crippen molar-refractivity contribution in [3.05, 3.63) is 113 Å². The first-order chi connectivity index (χ1) is 13.2. The molecule has 0 N–H and O–H groups in total. The van der Waals surface area contributed by atoms with Gasteiger partial charge in [0.05, 0.1) is 7.11 Å². The number of benzene rings is 3. The van der Waals surface area contributed by atoms with E-state index in [1.54, 1.807) is 0 Å². The average molecular weight is 359 g/mol. The molecule has 0 aromatic heterocycles. The summed E-state index contributed by atoms with van der Waals surface area (Å²) in [6, 6.07) is 27.2. The first kappa shape index (κ1) is 18.4. The second-order valence-corrected chi connectivity index (χ2v) is 6.14. The van der Waals surface area contributed by atoms with Crippen LogP contribution >= 0.6 is 0 Å². The first-order valence-corrected chi connectivity index (χ1v) is 8.76. The molecule has 0 radical (unpaired) electrons. The van der Waals surface area contributed by atoms with E-state index in [-0.39, 0.29) is 6.42 Å². The number of hydrogen-bond acceptors (Lipinski definition) is 3. The predicted octanol–water partition coefficient (Wildman–Crippen LogP) is 3.82. The largest absolute Gasteiger partial charge is 0.623 e. The van der Waals surface area contributed by atoms with Crippen molar-refractivity contribution in [1.82, 2.24) is 0 Å². The first-order valence-electron chi connectivity index (χ1n) is 8.76. The molecule has 3 rings (SSSR count). The van der Waals surface area contributed by atoms with Crippen LogP contribution < -0.4 is 0 Å². The van der Waals surface area contributed by atoms with Crippen LogP contribution in [0.1, 0.15) is 16.7 Å². The molecule has 3 aromatic carbocycles. The minimum absolute atomic E-state index is 0.264. The third-order valence-electron chi connectivity index (χ3n) is 4.34. The Hall–Kier alpha value is -3.40. The van der Waals surface area contributed by atoms with Crippen molar-refractivity contribution in [3.63, 3.8) is 0 Å². The quantitative estimate of drug-likeness (QED) is 0.221. The molecule has 27 heavy (non-hydrogen) atoms. The smallest absolute Gasteiger partial charge is 0.376 e. The molecule has 0 aliphatic carbocycles. The van der Waals surface area contributed by atoms with Crippen molar-refractivity contribution in [3.8, 4) is 0 Å². The molecule has 0 aliphatic heterocycles. The van der Waals surface area contributed by atoms with Gasteiger partial charge in [0.1, 0.15) is 0 Å².